The molecule has 0 unspecified atom stereocenters. The van der Waals surface area contributed by atoms with E-state index in [2.05, 4.69) is 200 Å². The SMILES string of the molecule is c1ccc(CSc2ccccc2-c2cccn[c]2[Ir]([c]2ncccc2-c2ccccc2SCc2ccccc2)[c]2ncccc2-c2ccccc2SCc2ccccc2)cc1. The van der Waals surface area contributed by atoms with Gasteiger partial charge in [-0.05, 0) is 0 Å². The van der Waals surface area contributed by atoms with Gasteiger partial charge in [0.1, 0.15) is 0 Å². The van der Waals surface area contributed by atoms with Crippen LogP contribution in [0.1, 0.15) is 16.7 Å². The quantitative estimate of drug-likeness (QED) is 0.0953. The minimum atomic E-state index is -3.03. The van der Waals surface area contributed by atoms with E-state index < -0.39 is 16.5 Å². The molecule has 6 aromatic carbocycles. The summed E-state index contributed by atoms with van der Waals surface area (Å²) >= 11 is 2.58. The van der Waals surface area contributed by atoms with E-state index in [1.54, 1.807) is 0 Å². The van der Waals surface area contributed by atoms with Crippen LogP contribution in [0.5, 0.6) is 0 Å². The summed E-state index contributed by atoms with van der Waals surface area (Å²) in [5.41, 5.74) is 10.9. The fourth-order valence-corrected chi connectivity index (χ4v) is 16.6. The molecule has 9 aromatic rings. The molecule has 300 valence electrons. The van der Waals surface area contributed by atoms with Crippen molar-refractivity contribution in [3.8, 4) is 33.4 Å². The molecule has 3 heterocycles. The monoisotopic (exact) mass is 1020 g/mol. The van der Waals surface area contributed by atoms with Gasteiger partial charge >= 0.3 is 380 Å². The summed E-state index contributed by atoms with van der Waals surface area (Å²) in [6.45, 7) is 0. The van der Waals surface area contributed by atoms with E-state index in [1.165, 1.54) is 48.1 Å². The van der Waals surface area contributed by atoms with Crippen LogP contribution in [-0.2, 0) is 33.7 Å². The maximum absolute atomic E-state index is 5.41. The summed E-state index contributed by atoms with van der Waals surface area (Å²) in [7, 11) is 0. The van der Waals surface area contributed by atoms with Crippen LogP contribution in [-0.4, -0.2) is 15.0 Å². The Labute approximate surface area is 377 Å². The van der Waals surface area contributed by atoms with Crippen LogP contribution < -0.4 is 12.6 Å². The number of pyridine rings is 3. The number of aromatic nitrogens is 3. The molecule has 3 nitrogen and oxygen atoms in total. The van der Waals surface area contributed by atoms with Crippen molar-refractivity contribution in [3.05, 3.63) is 235 Å². The van der Waals surface area contributed by atoms with E-state index in [0.29, 0.717) is 0 Å². The Kier molecular flexibility index (Phi) is 13.6. The van der Waals surface area contributed by atoms with Gasteiger partial charge in [-0.25, -0.2) is 0 Å². The Balaban J connectivity index is 1.21. The molecule has 0 amide bonds. The van der Waals surface area contributed by atoms with Crippen LogP contribution in [0.25, 0.3) is 33.4 Å². The Morgan fingerprint density at radius 2 is 0.541 bits per heavy atom. The fraction of sp³-hybridized carbons (Fsp3) is 0.0556. The summed E-state index contributed by atoms with van der Waals surface area (Å²) < 4.78 is 3.25. The van der Waals surface area contributed by atoms with Gasteiger partial charge < -0.3 is 0 Å². The second kappa shape index (κ2) is 20.4. The number of benzene rings is 6. The topological polar surface area (TPSA) is 38.7 Å². The van der Waals surface area contributed by atoms with Crippen LogP contribution in [0.3, 0.4) is 0 Å². The van der Waals surface area contributed by atoms with E-state index in [0.717, 1.165) is 46.6 Å². The second-order valence-corrected chi connectivity index (χ2v) is 22.3. The zero-order valence-electron chi connectivity index (χ0n) is 33.3. The molecule has 0 radical (unpaired) electrons. The van der Waals surface area contributed by atoms with E-state index in [1.807, 2.05) is 53.9 Å². The van der Waals surface area contributed by atoms with Gasteiger partial charge in [0.15, 0.2) is 0 Å². The molecule has 0 bridgehead atoms. The molecule has 9 rings (SSSR count). The first-order valence-electron chi connectivity index (χ1n) is 20.1. The van der Waals surface area contributed by atoms with Gasteiger partial charge in [-0.3, -0.25) is 0 Å². The van der Waals surface area contributed by atoms with Crippen molar-refractivity contribution in [2.24, 2.45) is 0 Å². The third-order valence-corrected chi connectivity index (χ3v) is 19.6. The molecule has 0 saturated carbocycles. The van der Waals surface area contributed by atoms with Gasteiger partial charge in [-0.2, -0.15) is 0 Å². The number of rotatable bonds is 15. The second-order valence-electron chi connectivity index (χ2n) is 14.0. The normalized spacial score (nSPS) is 11.3. The molecule has 7 heteroatoms. The van der Waals surface area contributed by atoms with E-state index >= 15 is 0 Å². The summed E-state index contributed by atoms with van der Waals surface area (Å²) in [5.74, 6) is 2.63. The van der Waals surface area contributed by atoms with Crippen molar-refractivity contribution >= 4 is 47.9 Å². The first-order chi connectivity index (χ1) is 30.3. The van der Waals surface area contributed by atoms with Crippen molar-refractivity contribution in [2.75, 3.05) is 0 Å². The maximum atomic E-state index is 5.41. The standard InChI is InChI=1S/3C18H14NS.Ir/c3*1-2-7-15(8-3-1)14-20-18-11-5-4-10-17(18)16-9-6-12-19-13-16;/h3*1-12H,14H2;. The zero-order chi connectivity index (χ0) is 41.1. The Morgan fingerprint density at radius 3 is 0.852 bits per heavy atom. The predicted molar refractivity (Wildman–Crippen MR) is 256 cm³/mol. The molecule has 0 spiro atoms. The van der Waals surface area contributed by atoms with Crippen LogP contribution in [0.15, 0.2) is 233 Å². The van der Waals surface area contributed by atoms with Crippen LogP contribution in [0.2, 0.25) is 0 Å². The Hall–Kier alpha value is -5.53. The molecule has 0 atom stereocenters. The average molecular weight is 1020 g/mol. The molecule has 0 N–H and O–H groups in total. The molecule has 0 aliphatic rings. The Bertz CT molecular complexity index is 2530. The predicted octanol–water partition coefficient (Wildman–Crippen LogP) is 12.6. The van der Waals surface area contributed by atoms with Crippen LogP contribution in [0.4, 0.5) is 0 Å². The van der Waals surface area contributed by atoms with Crippen molar-refractivity contribution in [3.63, 3.8) is 0 Å². The third-order valence-electron chi connectivity index (χ3n) is 9.94. The fourth-order valence-electron chi connectivity index (χ4n) is 7.00. The molecule has 3 aromatic heterocycles. The van der Waals surface area contributed by atoms with E-state index in [4.69, 9.17) is 15.0 Å². The number of thioether (sulfide) groups is 3. The molecule has 0 fully saturated rings. The van der Waals surface area contributed by atoms with Gasteiger partial charge in [-0.1, -0.05) is 0 Å². The zero-order valence-corrected chi connectivity index (χ0v) is 38.2. The van der Waals surface area contributed by atoms with Crippen molar-refractivity contribution in [1.82, 2.24) is 15.0 Å². The van der Waals surface area contributed by atoms with Gasteiger partial charge in [0.2, 0.25) is 0 Å². The number of nitrogens with zero attached hydrogens (tertiary/aromatic N) is 3. The molecular weight excluding hydrogens is 979 g/mol. The first kappa shape index (κ1) is 40.9. The number of hydrogen-bond acceptors (Lipinski definition) is 6. The van der Waals surface area contributed by atoms with Gasteiger partial charge in [0.25, 0.3) is 0 Å². The number of hydrogen-bond donors (Lipinski definition) is 0. The molecule has 61 heavy (non-hydrogen) atoms. The average Bonchev–Trinajstić information content (AvgIpc) is 3.34. The van der Waals surface area contributed by atoms with Crippen molar-refractivity contribution < 1.29 is 16.5 Å². The summed E-state index contributed by atoms with van der Waals surface area (Å²) in [4.78, 5) is 19.9. The summed E-state index contributed by atoms with van der Waals surface area (Å²) in [5, 5.41) is 0. The molecular formula is C54H42IrN3S3. The van der Waals surface area contributed by atoms with Crippen molar-refractivity contribution in [2.45, 2.75) is 31.9 Å². The van der Waals surface area contributed by atoms with E-state index in [-0.39, 0.29) is 0 Å². The summed E-state index contributed by atoms with van der Waals surface area (Å²) in [6.07, 6.45) is 5.89. The molecule has 0 saturated heterocycles. The summed E-state index contributed by atoms with van der Waals surface area (Å²) in [6, 6.07) is 71.6. The van der Waals surface area contributed by atoms with Gasteiger partial charge in [-0.15, -0.1) is 0 Å². The first-order valence-corrected chi connectivity index (χ1v) is 26.6. The van der Waals surface area contributed by atoms with E-state index in [9.17, 15) is 0 Å². The van der Waals surface area contributed by atoms with Crippen molar-refractivity contribution in [1.29, 1.82) is 0 Å². The third kappa shape index (κ3) is 9.84. The molecule has 0 aliphatic heterocycles. The van der Waals surface area contributed by atoms with Gasteiger partial charge in [0, 0.05) is 0 Å². The van der Waals surface area contributed by atoms with Crippen LogP contribution in [0, 0.1) is 0 Å². The van der Waals surface area contributed by atoms with Gasteiger partial charge in [0.05, 0.1) is 0 Å². The Morgan fingerprint density at radius 1 is 0.279 bits per heavy atom. The molecule has 0 aliphatic carbocycles. The minimum absolute atomic E-state index is 0.875. The van der Waals surface area contributed by atoms with Crippen LogP contribution >= 0.6 is 35.3 Å².